The minimum atomic E-state index is -0.377. The number of nitrogens with one attached hydrogen (secondary N) is 1. The Bertz CT molecular complexity index is 376. The van der Waals surface area contributed by atoms with Crippen LogP contribution >= 0.6 is 0 Å². The van der Waals surface area contributed by atoms with E-state index in [1.165, 1.54) is 0 Å². The van der Waals surface area contributed by atoms with Crippen molar-refractivity contribution >= 4 is 11.6 Å². The van der Waals surface area contributed by atoms with Crippen LogP contribution in [0.3, 0.4) is 0 Å². The molecule has 1 unspecified atom stereocenters. The van der Waals surface area contributed by atoms with Crippen molar-refractivity contribution in [1.29, 1.82) is 0 Å². The van der Waals surface area contributed by atoms with Crippen LogP contribution in [-0.2, 0) is 16.0 Å². The number of ether oxygens (including phenoxy) is 1. The van der Waals surface area contributed by atoms with E-state index in [1.807, 2.05) is 24.3 Å². The summed E-state index contributed by atoms with van der Waals surface area (Å²) in [6, 6.07) is 7.69. The zero-order valence-corrected chi connectivity index (χ0v) is 11.8. The number of hydrogen-bond acceptors (Lipinski definition) is 3. The summed E-state index contributed by atoms with van der Waals surface area (Å²) in [5, 5.41) is 2.88. The first-order valence-electron chi connectivity index (χ1n) is 6.87. The monoisotopic (exact) mass is 264 g/mol. The molecule has 0 aliphatic heterocycles. The molecule has 0 saturated carbocycles. The number of amides is 1. The van der Waals surface area contributed by atoms with E-state index < -0.39 is 0 Å². The quantitative estimate of drug-likeness (QED) is 0.558. The Morgan fingerprint density at radius 3 is 2.68 bits per heavy atom. The second-order valence-electron chi connectivity index (χ2n) is 4.65. The summed E-state index contributed by atoms with van der Waals surface area (Å²) >= 11 is 0. The molecule has 0 spiro atoms. The fourth-order valence-electron chi connectivity index (χ4n) is 1.64. The molecule has 0 aliphatic rings. The van der Waals surface area contributed by atoms with Gasteiger partial charge < -0.3 is 15.8 Å². The maximum atomic E-state index is 11.7. The first kappa shape index (κ1) is 15.5. The number of carbonyl (C=O) groups is 1. The van der Waals surface area contributed by atoms with Gasteiger partial charge >= 0.3 is 0 Å². The zero-order chi connectivity index (χ0) is 14.1. The molecule has 1 aromatic rings. The van der Waals surface area contributed by atoms with E-state index in [1.54, 1.807) is 6.92 Å². The van der Waals surface area contributed by atoms with Crippen LogP contribution in [0, 0.1) is 0 Å². The van der Waals surface area contributed by atoms with Crippen molar-refractivity contribution in [1.82, 2.24) is 5.32 Å². The van der Waals surface area contributed by atoms with Gasteiger partial charge in [0.15, 0.2) is 0 Å². The minimum absolute atomic E-state index is 0.0495. The van der Waals surface area contributed by atoms with Crippen LogP contribution in [0.1, 0.15) is 32.3 Å². The number of rotatable bonds is 8. The minimum Gasteiger partial charge on any atom is -0.399 e. The summed E-state index contributed by atoms with van der Waals surface area (Å²) in [6.07, 6.45) is 2.49. The van der Waals surface area contributed by atoms with Gasteiger partial charge in [-0.15, -0.1) is 0 Å². The molecule has 0 aromatic heterocycles. The van der Waals surface area contributed by atoms with E-state index in [0.29, 0.717) is 13.2 Å². The number of nitrogen functional groups attached to an aromatic ring is 1. The molecule has 106 valence electrons. The smallest absolute Gasteiger partial charge is 0.248 e. The molecule has 0 fully saturated rings. The fourth-order valence-corrected chi connectivity index (χ4v) is 1.64. The molecule has 0 radical (unpaired) electrons. The Kier molecular flexibility index (Phi) is 6.97. The maximum absolute atomic E-state index is 11.7. The van der Waals surface area contributed by atoms with E-state index >= 15 is 0 Å². The molecule has 0 saturated heterocycles. The average molecular weight is 264 g/mol. The number of unbranched alkanes of at least 4 members (excludes halogenated alkanes) is 1. The molecule has 0 aliphatic carbocycles. The first-order chi connectivity index (χ1) is 9.13. The molecule has 4 nitrogen and oxygen atoms in total. The third-order valence-electron chi connectivity index (χ3n) is 2.93. The number of hydrogen-bond donors (Lipinski definition) is 2. The molecule has 19 heavy (non-hydrogen) atoms. The van der Waals surface area contributed by atoms with Gasteiger partial charge in [-0.05, 0) is 37.5 Å². The SMILES string of the molecule is CCCCOC(C)C(=O)NCCc1ccc(N)cc1. The topological polar surface area (TPSA) is 64.3 Å². The van der Waals surface area contributed by atoms with E-state index in [4.69, 9.17) is 10.5 Å². The van der Waals surface area contributed by atoms with Crippen molar-refractivity contribution in [3.8, 4) is 0 Å². The van der Waals surface area contributed by atoms with Gasteiger partial charge in [-0.25, -0.2) is 0 Å². The third-order valence-corrected chi connectivity index (χ3v) is 2.93. The van der Waals surface area contributed by atoms with Gasteiger partial charge in [0.05, 0.1) is 0 Å². The standard InChI is InChI=1S/C15H24N2O2/c1-3-4-11-19-12(2)15(18)17-10-9-13-5-7-14(16)8-6-13/h5-8,12H,3-4,9-11,16H2,1-2H3,(H,17,18). The lowest BCUT2D eigenvalue weighted by atomic mass is 10.1. The zero-order valence-electron chi connectivity index (χ0n) is 11.8. The number of benzene rings is 1. The van der Waals surface area contributed by atoms with Crippen LogP contribution in [0.15, 0.2) is 24.3 Å². The van der Waals surface area contributed by atoms with E-state index in [-0.39, 0.29) is 12.0 Å². The van der Waals surface area contributed by atoms with Crippen LogP contribution in [0.4, 0.5) is 5.69 Å². The first-order valence-corrected chi connectivity index (χ1v) is 6.87. The Hall–Kier alpha value is -1.55. The van der Waals surface area contributed by atoms with Crippen molar-refractivity contribution in [3.05, 3.63) is 29.8 Å². The second kappa shape index (κ2) is 8.53. The highest BCUT2D eigenvalue weighted by molar-refractivity contribution is 5.80. The second-order valence-corrected chi connectivity index (χ2v) is 4.65. The van der Waals surface area contributed by atoms with Crippen LogP contribution in [0.5, 0.6) is 0 Å². The van der Waals surface area contributed by atoms with Crippen molar-refractivity contribution in [3.63, 3.8) is 0 Å². The summed E-state index contributed by atoms with van der Waals surface area (Å²) < 4.78 is 5.43. The van der Waals surface area contributed by atoms with Gasteiger partial charge in [0, 0.05) is 18.8 Å². The molecule has 1 aromatic carbocycles. The highest BCUT2D eigenvalue weighted by atomic mass is 16.5. The van der Waals surface area contributed by atoms with Crippen LogP contribution in [-0.4, -0.2) is 25.2 Å². The van der Waals surface area contributed by atoms with Gasteiger partial charge in [-0.3, -0.25) is 4.79 Å². The molecule has 1 atom stereocenters. The average Bonchev–Trinajstić information content (AvgIpc) is 2.41. The highest BCUT2D eigenvalue weighted by Gasteiger charge is 2.11. The van der Waals surface area contributed by atoms with Gasteiger partial charge in [0.1, 0.15) is 6.10 Å². The van der Waals surface area contributed by atoms with Gasteiger partial charge in [-0.1, -0.05) is 25.5 Å². The number of nitrogens with two attached hydrogens (primary N) is 1. The van der Waals surface area contributed by atoms with Crippen molar-refractivity contribution in [2.75, 3.05) is 18.9 Å². The lowest BCUT2D eigenvalue weighted by Gasteiger charge is -2.13. The van der Waals surface area contributed by atoms with Gasteiger partial charge in [0.2, 0.25) is 5.91 Å². The van der Waals surface area contributed by atoms with Crippen LogP contribution in [0.2, 0.25) is 0 Å². The van der Waals surface area contributed by atoms with Crippen molar-refractivity contribution in [2.24, 2.45) is 0 Å². The number of carbonyl (C=O) groups excluding carboxylic acids is 1. The third kappa shape index (κ3) is 6.25. The predicted molar refractivity (Wildman–Crippen MR) is 77.9 cm³/mol. The van der Waals surface area contributed by atoms with Gasteiger partial charge in [0.25, 0.3) is 0 Å². The lowest BCUT2D eigenvalue weighted by molar-refractivity contribution is -0.131. The summed E-state index contributed by atoms with van der Waals surface area (Å²) in [7, 11) is 0. The maximum Gasteiger partial charge on any atom is 0.248 e. The molecule has 1 amide bonds. The van der Waals surface area contributed by atoms with Crippen molar-refractivity contribution < 1.29 is 9.53 Å². The lowest BCUT2D eigenvalue weighted by Crippen LogP contribution is -2.35. The van der Waals surface area contributed by atoms with E-state index in [0.717, 1.165) is 30.5 Å². The predicted octanol–water partition coefficient (Wildman–Crippen LogP) is 2.13. The summed E-state index contributed by atoms with van der Waals surface area (Å²) in [5.41, 5.74) is 7.53. The molecule has 3 N–H and O–H groups in total. The van der Waals surface area contributed by atoms with E-state index in [2.05, 4.69) is 12.2 Å². The molecule has 0 bridgehead atoms. The largest absolute Gasteiger partial charge is 0.399 e. The van der Waals surface area contributed by atoms with Crippen molar-refractivity contribution in [2.45, 2.75) is 39.2 Å². The summed E-state index contributed by atoms with van der Waals surface area (Å²) in [5.74, 6) is -0.0495. The fraction of sp³-hybridized carbons (Fsp3) is 0.533. The molecule has 0 heterocycles. The molecule has 1 rings (SSSR count). The number of anilines is 1. The Labute approximate surface area is 115 Å². The summed E-state index contributed by atoms with van der Waals surface area (Å²) in [4.78, 5) is 11.7. The Morgan fingerprint density at radius 1 is 1.37 bits per heavy atom. The highest BCUT2D eigenvalue weighted by Crippen LogP contribution is 2.05. The van der Waals surface area contributed by atoms with E-state index in [9.17, 15) is 4.79 Å². The van der Waals surface area contributed by atoms with Crippen LogP contribution < -0.4 is 11.1 Å². The normalized spacial score (nSPS) is 12.1. The summed E-state index contributed by atoms with van der Waals surface area (Å²) in [6.45, 7) is 5.14. The molecular weight excluding hydrogens is 240 g/mol. The Morgan fingerprint density at radius 2 is 2.05 bits per heavy atom. The Balaban J connectivity index is 2.21. The van der Waals surface area contributed by atoms with Gasteiger partial charge in [-0.2, -0.15) is 0 Å². The molecular formula is C15H24N2O2. The molecule has 4 heteroatoms. The van der Waals surface area contributed by atoms with Crippen LogP contribution in [0.25, 0.3) is 0 Å².